The molecule has 1 aliphatic carbocycles. The second kappa shape index (κ2) is 9.09. The zero-order valence-corrected chi connectivity index (χ0v) is 17.9. The number of nitrogens with zero attached hydrogens (tertiary/aromatic N) is 3. The first-order valence-corrected chi connectivity index (χ1v) is 11.0. The lowest BCUT2D eigenvalue weighted by atomic mass is 9.89. The van der Waals surface area contributed by atoms with Crippen molar-refractivity contribution in [1.82, 2.24) is 20.4 Å². The van der Waals surface area contributed by atoms with Gasteiger partial charge in [-0.2, -0.15) is 18.2 Å². The number of halogens is 4. The van der Waals surface area contributed by atoms with Crippen LogP contribution in [0.1, 0.15) is 60.3 Å². The molecular weight excluding hydrogens is 449 g/mol. The molecule has 1 fully saturated rings. The number of amides is 2. The fraction of sp³-hybridized carbons (Fsp3) is 0.524. The third-order valence-corrected chi connectivity index (χ3v) is 6.15. The van der Waals surface area contributed by atoms with Gasteiger partial charge in [0.25, 0.3) is 5.91 Å². The lowest BCUT2D eigenvalue weighted by Crippen LogP contribution is -2.53. The van der Waals surface area contributed by atoms with Crippen LogP contribution in [-0.2, 0) is 17.5 Å². The Balaban J connectivity index is 1.52. The maximum absolute atomic E-state index is 13.2. The zero-order chi connectivity index (χ0) is 22.9. The van der Waals surface area contributed by atoms with E-state index in [1.165, 1.54) is 6.07 Å². The number of benzene rings is 1. The number of hydrogen-bond acceptors (Lipinski definition) is 5. The van der Waals surface area contributed by atoms with Gasteiger partial charge in [0, 0.05) is 36.0 Å². The Kier molecular flexibility index (Phi) is 6.41. The average Bonchev–Trinajstić information content (AvgIpc) is 3.38. The number of hydrogen-bond donors (Lipinski definition) is 1. The highest BCUT2D eigenvalue weighted by Crippen LogP contribution is 2.34. The second-order valence-corrected chi connectivity index (χ2v) is 8.42. The van der Waals surface area contributed by atoms with E-state index < -0.39 is 12.1 Å². The Bertz CT molecular complexity index is 1010. The quantitative estimate of drug-likeness (QED) is 0.640. The van der Waals surface area contributed by atoms with E-state index >= 15 is 0 Å². The van der Waals surface area contributed by atoms with E-state index in [2.05, 4.69) is 20.0 Å². The third-order valence-electron chi connectivity index (χ3n) is 5.88. The first kappa shape index (κ1) is 22.6. The van der Waals surface area contributed by atoms with Crippen LogP contribution in [0.25, 0.3) is 11.4 Å². The Morgan fingerprint density at radius 3 is 2.78 bits per heavy atom. The predicted molar refractivity (Wildman–Crippen MR) is 109 cm³/mol. The van der Waals surface area contributed by atoms with Gasteiger partial charge in [0.2, 0.25) is 11.7 Å². The van der Waals surface area contributed by atoms with Gasteiger partial charge in [-0.05, 0) is 30.9 Å². The number of rotatable bonds is 6. The topological polar surface area (TPSA) is 88.3 Å². The minimum atomic E-state index is -4.74. The third kappa shape index (κ3) is 4.60. The van der Waals surface area contributed by atoms with Gasteiger partial charge in [0.1, 0.15) is 0 Å². The molecule has 2 heterocycles. The van der Waals surface area contributed by atoms with Crippen LogP contribution in [0.3, 0.4) is 0 Å². The number of nitrogens with one attached hydrogen (secondary N) is 1. The molecule has 1 N–H and O–H groups in total. The van der Waals surface area contributed by atoms with Crippen LogP contribution >= 0.6 is 11.6 Å². The van der Waals surface area contributed by atoms with Crippen molar-refractivity contribution in [1.29, 1.82) is 0 Å². The molecule has 2 aromatic rings. The van der Waals surface area contributed by atoms with Crippen molar-refractivity contribution >= 4 is 23.4 Å². The van der Waals surface area contributed by atoms with E-state index in [0.29, 0.717) is 30.8 Å². The minimum Gasteiger partial charge on any atom is -0.351 e. The van der Waals surface area contributed by atoms with Crippen LogP contribution in [0.15, 0.2) is 22.7 Å². The molecule has 11 heteroatoms. The van der Waals surface area contributed by atoms with Gasteiger partial charge in [0.05, 0.1) is 6.04 Å². The fourth-order valence-electron chi connectivity index (χ4n) is 4.35. The lowest BCUT2D eigenvalue weighted by Gasteiger charge is -2.38. The van der Waals surface area contributed by atoms with Gasteiger partial charge in [-0.15, -0.1) is 11.6 Å². The number of aromatic nitrogens is 2. The van der Waals surface area contributed by atoms with Crippen molar-refractivity contribution in [3.8, 4) is 11.4 Å². The Morgan fingerprint density at radius 2 is 2.06 bits per heavy atom. The molecule has 2 aliphatic rings. The second-order valence-electron chi connectivity index (χ2n) is 8.04. The molecule has 4 rings (SSSR count). The van der Waals surface area contributed by atoms with Gasteiger partial charge >= 0.3 is 12.1 Å². The fourth-order valence-corrected chi connectivity index (χ4v) is 4.48. The lowest BCUT2D eigenvalue weighted by molar-refractivity contribution is -0.159. The van der Waals surface area contributed by atoms with E-state index in [9.17, 15) is 22.8 Å². The molecule has 7 nitrogen and oxygen atoms in total. The van der Waals surface area contributed by atoms with Gasteiger partial charge in [0.15, 0.2) is 0 Å². The molecule has 1 aromatic heterocycles. The first-order valence-electron chi connectivity index (χ1n) is 10.5. The van der Waals surface area contributed by atoms with E-state index in [-0.39, 0.29) is 35.3 Å². The summed E-state index contributed by atoms with van der Waals surface area (Å²) in [6, 6.07) is 4.49. The average molecular weight is 471 g/mol. The van der Waals surface area contributed by atoms with Crippen LogP contribution < -0.4 is 5.32 Å². The molecule has 2 atom stereocenters. The van der Waals surface area contributed by atoms with Gasteiger partial charge in [-0.1, -0.05) is 30.1 Å². The normalized spacial score (nSPS) is 21.0. The van der Waals surface area contributed by atoms with Crippen LogP contribution in [0.2, 0.25) is 0 Å². The number of alkyl halides is 4. The molecule has 0 radical (unpaired) electrons. The van der Waals surface area contributed by atoms with Crippen molar-refractivity contribution in [2.75, 3.05) is 5.88 Å². The summed E-state index contributed by atoms with van der Waals surface area (Å²) in [5.74, 6) is -1.54. The molecule has 0 spiro atoms. The zero-order valence-electron chi connectivity index (χ0n) is 17.1. The van der Waals surface area contributed by atoms with E-state index in [1.807, 2.05) is 0 Å². The molecular formula is C21H22ClF3N4O3. The van der Waals surface area contributed by atoms with Crippen molar-refractivity contribution in [2.45, 2.75) is 63.3 Å². The molecule has 1 saturated carbocycles. The van der Waals surface area contributed by atoms with Gasteiger partial charge in [-0.3, -0.25) is 9.59 Å². The van der Waals surface area contributed by atoms with Gasteiger partial charge < -0.3 is 14.7 Å². The highest BCUT2D eigenvalue weighted by Gasteiger charge is 2.40. The molecule has 32 heavy (non-hydrogen) atoms. The van der Waals surface area contributed by atoms with E-state index in [4.69, 9.17) is 11.6 Å². The molecule has 0 bridgehead atoms. The summed E-state index contributed by atoms with van der Waals surface area (Å²) >= 11 is 5.67. The van der Waals surface area contributed by atoms with Crippen LogP contribution in [0, 0.1) is 0 Å². The summed E-state index contributed by atoms with van der Waals surface area (Å²) in [4.78, 5) is 30.6. The summed E-state index contributed by atoms with van der Waals surface area (Å²) in [7, 11) is 0. The van der Waals surface area contributed by atoms with Crippen molar-refractivity contribution in [3.05, 3.63) is 35.2 Å². The summed E-state index contributed by atoms with van der Waals surface area (Å²) in [5, 5.41) is 6.45. The molecule has 0 saturated heterocycles. The number of carbonyl (C=O) groups excluding carboxylic acids is 2. The first-order chi connectivity index (χ1) is 15.3. The van der Waals surface area contributed by atoms with Crippen molar-refractivity contribution < 1.29 is 27.3 Å². The Hall–Kier alpha value is -2.62. The minimum absolute atomic E-state index is 0.0772. The molecule has 0 unspecified atom stereocenters. The maximum Gasteiger partial charge on any atom is 0.471 e. The molecule has 1 aliphatic heterocycles. The highest BCUT2D eigenvalue weighted by molar-refractivity contribution is 6.17. The Morgan fingerprint density at radius 1 is 1.28 bits per heavy atom. The summed E-state index contributed by atoms with van der Waals surface area (Å²) in [5.41, 5.74) is 1.45. The van der Waals surface area contributed by atoms with Crippen LogP contribution in [0.4, 0.5) is 13.2 Å². The summed E-state index contributed by atoms with van der Waals surface area (Å²) in [6.45, 7) is 0.382. The Labute approximate surface area is 187 Å². The molecule has 172 valence electrons. The van der Waals surface area contributed by atoms with E-state index in [1.54, 1.807) is 17.0 Å². The maximum atomic E-state index is 13.2. The summed E-state index contributed by atoms with van der Waals surface area (Å²) < 4.78 is 42.6. The van der Waals surface area contributed by atoms with Crippen molar-refractivity contribution in [2.24, 2.45) is 0 Å². The largest absolute Gasteiger partial charge is 0.471 e. The number of fused-ring (bicyclic) bond motifs is 1. The molecule has 1 aromatic carbocycles. The summed E-state index contributed by atoms with van der Waals surface area (Å²) in [6.07, 6.45) is -0.331. The van der Waals surface area contributed by atoms with E-state index in [0.717, 1.165) is 31.2 Å². The standard InChI is InChI=1S/C21H22ClF3N4O3/c22-9-3-6-17(30)26-15-4-1-2-5-16(15)29-11-13-8-7-12(10-14(13)19(29)31)18-27-20(32-28-18)21(23,24)25/h7-8,10,15-16H,1-6,9,11H2,(H,26,30)/t15-,16-/m1/s1. The van der Waals surface area contributed by atoms with Crippen LogP contribution in [-0.4, -0.2) is 44.8 Å². The smallest absolute Gasteiger partial charge is 0.351 e. The SMILES string of the molecule is O=C(CCCCl)N[C@@H]1CCCC[C@H]1N1Cc2ccc(-c3noc(C(F)(F)F)n3)cc2C1=O. The van der Waals surface area contributed by atoms with Gasteiger partial charge in [-0.25, -0.2) is 0 Å². The monoisotopic (exact) mass is 470 g/mol. The van der Waals surface area contributed by atoms with Crippen molar-refractivity contribution in [3.63, 3.8) is 0 Å². The highest BCUT2D eigenvalue weighted by atomic mass is 35.5. The number of carbonyl (C=O) groups is 2. The molecule has 2 amide bonds. The predicted octanol–water partition coefficient (Wildman–Crippen LogP) is 4.16. The van der Waals surface area contributed by atoms with Crippen LogP contribution in [0.5, 0.6) is 0 Å².